The molecular formula is C17H12BrF3N2O3S. The average Bonchev–Trinajstić information content (AvgIpc) is 2.93. The molecule has 0 unspecified atom stereocenters. The molecule has 10 heteroatoms. The summed E-state index contributed by atoms with van der Waals surface area (Å²) in [5, 5.41) is 3.63. The van der Waals surface area contributed by atoms with Crippen molar-refractivity contribution in [2.24, 2.45) is 0 Å². The zero-order valence-electron chi connectivity index (χ0n) is 13.7. The Balaban J connectivity index is 1.93. The van der Waals surface area contributed by atoms with E-state index in [0.29, 0.717) is 10.2 Å². The Morgan fingerprint density at radius 2 is 1.70 bits per heavy atom. The molecule has 142 valence electrons. The number of aryl methyl sites for hydroxylation is 1. The Morgan fingerprint density at radius 1 is 1.07 bits per heavy atom. The van der Waals surface area contributed by atoms with Crippen LogP contribution >= 0.6 is 15.9 Å². The largest absolute Gasteiger partial charge is 0.417 e. The highest BCUT2D eigenvalue weighted by Gasteiger charge is 2.33. The summed E-state index contributed by atoms with van der Waals surface area (Å²) in [5.41, 5.74) is -0.110. The van der Waals surface area contributed by atoms with Crippen LogP contribution in [0.4, 0.5) is 19.1 Å². The molecule has 0 saturated heterocycles. The lowest BCUT2D eigenvalue weighted by Gasteiger charge is -2.13. The van der Waals surface area contributed by atoms with Crippen molar-refractivity contribution in [1.82, 2.24) is 5.16 Å². The zero-order valence-corrected chi connectivity index (χ0v) is 16.1. The van der Waals surface area contributed by atoms with Gasteiger partial charge in [0.25, 0.3) is 15.9 Å². The molecule has 0 spiro atoms. The van der Waals surface area contributed by atoms with E-state index in [4.69, 9.17) is 4.52 Å². The average molecular weight is 461 g/mol. The minimum absolute atomic E-state index is 0.0319. The standard InChI is InChI=1S/C17H12BrF3N2O3S/c1-10-15(18)16(26-22-10)23-27(24,25)12-8-6-11(7-9-12)13-4-2-3-5-14(13)17(19,20)21/h2-9,23H,1H3. The normalized spacial score (nSPS) is 12.2. The van der Waals surface area contributed by atoms with Gasteiger partial charge in [-0.05, 0) is 52.2 Å². The fourth-order valence-corrected chi connectivity index (χ4v) is 3.77. The minimum atomic E-state index is -4.51. The maximum atomic E-state index is 13.2. The van der Waals surface area contributed by atoms with Crippen molar-refractivity contribution in [2.75, 3.05) is 4.72 Å². The second-order valence-corrected chi connectivity index (χ2v) is 8.06. The van der Waals surface area contributed by atoms with Gasteiger partial charge in [-0.1, -0.05) is 35.5 Å². The molecule has 1 N–H and O–H groups in total. The van der Waals surface area contributed by atoms with Gasteiger partial charge in [0.15, 0.2) is 0 Å². The zero-order chi connectivity index (χ0) is 19.8. The molecule has 0 radical (unpaired) electrons. The van der Waals surface area contributed by atoms with Gasteiger partial charge in [-0.15, -0.1) is 0 Å². The van der Waals surface area contributed by atoms with Crippen molar-refractivity contribution in [3.63, 3.8) is 0 Å². The summed E-state index contributed by atoms with van der Waals surface area (Å²) < 4.78 is 71.8. The van der Waals surface area contributed by atoms with Gasteiger partial charge >= 0.3 is 6.18 Å². The first-order valence-corrected chi connectivity index (χ1v) is 9.78. The molecular weight excluding hydrogens is 449 g/mol. The fourth-order valence-electron chi connectivity index (χ4n) is 2.40. The van der Waals surface area contributed by atoms with E-state index in [-0.39, 0.29) is 21.9 Å². The fraction of sp³-hybridized carbons (Fsp3) is 0.118. The number of benzene rings is 2. The van der Waals surface area contributed by atoms with Crippen LogP contribution in [0.3, 0.4) is 0 Å². The van der Waals surface area contributed by atoms with E-state index in [9.17, 15) is 21.6 Å². The second-order valence-electron chi connectivity index (χ2n) is 5.58. The summed E-state index contributed by atoms with van der Waals surface area (Å²) in [6, 6.07) is 10.2. The first kappa shape index (κ1) is 19.4. The molecule has 2 aromatic carbocycles. The lowest BCUT2D eigenvalue weighted by Crippen LogP contribution is -2.12. The van der Waals surface area contributed by atoms with E-state index in [1.807, 2.05) is 0 Å². The van der Waals surface area contributed by atoms with Crippen molar-refractivity contribution >= 4 is 31.8 Å². The van der Waals surface area contributed by atoms with Gasteiger partial charge in [0, 0.05) is 0 Å². The van der Waals surface area contributed by atoms with Crippen LogP contribution in [-0.4, -0.2) is 13.6 Å². The van der Waals surface area contributed by atoms with Crippen LogP contribution in [-0.2, 0) is 16.2 Å². The van der Waals surface area contributed by atoms with Gasteiger partial charge in [-0.2, -0.15) is 13.2 Å². The maximum absolute atomic E-state index is 13.2. The summed E-state index contributed by atoms with van der Waals surface area (Å²) in [6.45, 7) is 1.62. The van der Waals surface area contributed by atoms with Crippen LogP contribution in [0.25, 0.3) is 11.1 Å². The van der Waals surface area contributed by atoms with Gasteiger partial charge in [0.05, 0.1) is 16.2 Å². The summed E-state index contributed by atoms with van der Waals surface area (Å²) in [6.07, 6.45) is -4.51. The first-order chi connectivity index (χ1) is 12.6. The Labute approximate surface area is 161 Å². The third kappa shape index (κ3) is 4.01. The van der Waals surface area contributed by atoms with Crippen LogP contribution in [0.5, 0.6) is 0 Å². The maximum Gasteiger partial charge on any atom is 0.417 e. The molecule has 0 aliphatic heterocycles. The third-order valence-corrected chi connectivity index (χ3v) is 6.01. The molecule has 5 nitrogen and oxygen atoms in total. The number of rotatable bonds is 4. The number of nitrogens with zero attached hydrogens (tertiary/aromatic N) is 1. The van der Waals surface area contributed by atoms with Crippen LogP contribution in [0.2, 0.25) is 0 Å². The third-order valence-electron chi connectivity index (χ3n) is 3.73. The van der Waals surface area contributed by atoms with Gasteiger partial charge in [0.2, 0.25) is 0 Å². The van der Waals surface area contributed by atoms with Crippen molar-refractivity contribution < 1.29 is 26.1 Å². The summed E-state index contributed by atoms with van der Waals surface area (Å²) in [7, 11) is -4.00. The van der Waals surface area contributed by atoms with E-state index in [1.54, 1.807) is 6.92 Å². The highest BCUT2D eigenvalue weighted by molar-refractivity contribution is 9.10. The van der Waals surface area contributed by atoms with E-state index in [2.05, 4.69) is 25.8 Å². The number of halogens is 4. The number of hydrogen-bond acceptors (Lipinski definition) is 4. The van der Waals surface area contributed by atoms with Crippen molar-refractivity contribution in [3.8, 4) is 11.1 Å². The smallest absolute Gasteiger partial charge is 0.336 e. The van der Waals surface area contributed by atoms with Crippen molar-refractivity contribution in [3.05, 3.63) is 64.3 Å². The lowest BCUT2D eigenvalue weighted by atomic mass is 9.99. The molecule has 0 aliphatic carbocycles. The summed E-state index contributed by atoms with van der Waals surface area (Å²) >= 11 is 3.15. The molecule has 0 aliphatic rings. The van der Waals surface area contributed by atoms with Gasteiger partial charge < -0.3 is 4.52 Å². The Hall–Kier alpha value is -2.33. The van der Waals surface area contributed by atoms with Gasteiger partial charge in [-0.3, -0.25) is 0 Å². The molecule has 0 atom stereocenters. The molecule has 0 bridgehead atoms. The highest BCUT2D eigenvalue weighted by atomic mass is 79.9. The van der Waals surface area contributed by atoms with Gasteiger partial charge in [-0.25, -0.2) is 13.1 Å². The number of aromatic nitrogens is 1. The van der Waals surface area contributed by atoms with Crippen LogP contribution in [0.1, 0.15) is 11.3 Å². The Kier molecular flexibility index (Phi) is 5.04. The van der Waals surface area contributed by atoms with E-state index in [1.165, 1.54) is 42.5 Å². The predicted octanol–water partition coefficient (Wildman–Crippen LogP) is 5.23. The van der Waals surface area contributed by atoms with Gasteiger partial charge in [0.1, 0.15) is 4.47 Å². The van der Waals surface area contributed by atoms with Crippen LogP contribution in [0, 0.1) is 6.92 Å². The summed E-state index contributed by atoms with van der Waals surface area (Å²) in [5.74, 6) is -0.0843. The number of sulfonamides is 1. The molecule has 0 amide bonds. The SMILES string of the molecule is Cc1noc(NS(=O)(=O)c2ccc(-c3ccccc3C(F)(F)F)cc2)c1Br. The van der Waals surface area contributed by atoms with Crippen molar-refractivity contribution in [2.45, 2.75) is 18.0 Å². The number of anilines is 1. The topological polar surface area (TPSA) is 72.2 Å². The van der Waals surface area contributed by atoms with E-state index < -0.39 is 21.8 Å². The quantitative estimate of drug-likeness (QED) is 0.578. The molecule has 1 heterocycles. The first-order valence-electron chi connectivity index (χ1n) is 7.51. The molecule has 3 rings (SSSR count). The number of alkyl halides is 3. The lowest BCUT2D eigenvalue weighted by molar-refractivity contribution is -0.137. The molecule has 1 aromatic heterocycles. The monoisotopic (exact) mass is 460 g/mol. The predicted molar refractivity (Wildman–Crippen MR) is 96.6 cm³/mol. The Bertz CT molecular complexity index is 1080. The number of nitrogens with one attached hydrogen (secondary N) is 1. The molecule has 3 aromatic rings. The number of hydrogen-bond donors (Lipinski definition) is 1. The molecule has 27 heavy (non-hydrogen) atoms. The van der Waals surface area contributed by atoms with Crippen molar-refractivity contribution in [1.29, 1.82) is 0 Å². The minimum Gasteiger partial charge on any atom is -0.336 e. The Morgan fingerprint density at radius 3 is 2.26 bits per heavy atom. The summed E-state index contributed by atoms with van der Waals surface area (Å²) in [4.78, 5) is -0.128. The molecule has 0 saturated carbocycles. The van der Waals surface area contributed by atoms with E-state index in [0.717, 1.165) is 6.07 Å². The highest BCUT2D eigenvalue weighted by Crippen LogP contribution is 2.37. The van der Waals surface area contributed by atoms with Crippen LogP contribution < -0.4 is 4.72 Å². The second kappa shape index (κ2) is 7.01. The van der Waals surface area contributed by atoms with E-state index >= 15 is 0 Å². The molecule has 0 fully saturated rings. The van der Waals surface area contributed by atoms with Crippen LogP contribution in [0.15, 0.2) is 62.4 Å².